The molecule has 1 heterocycles. The number of rotatable bonds is 4. The maximum absolute atomic E-state index is 13.2. The van der Waals surface area contributed by atoms with E-state index in [1.54, 1.807) is 7.05 Å². The van der Waals surface area contributed by atoms with E-state index in [-0.39, 0.29) is 10.7 Å². The third-order valence-corrected chi connectivity index (χ3v) is 3.78. The van der Waals surface area contributed by atoms with Gasteiger partial charge in [-0.05, 0) is 18.2 Å². The first kappa shape index (κ1) is 14.0. The number of aromatic carboxylic acids is 1. The number of hydrogen-bond donors (Lipinski definition) is 2. The van der Waals surface area contributed by atoms with Crippen molar-refractivity contribution in [2.24, 2.45) is 7.05 Å². The minimum absolute atomic E-state index is 0.0775. The van der Waals surface area contributed by atoms with Crippen molar-refractivity contribution in [3.63, 3.8) is 0 Å². The summed E-state index contributed by atoms with van der Waals surface area (Å²) in [5, 5.41) is 12.6. The van der Waals surface area contributed by atoms with Crippen LogP contribution in [0.25, 0.3) is 0 Å². The normalized spacial score (nSPS) is 11.3. The van der Waals surface area contributed by atoms with Crippen molar-refractivity contribution >= 4 is 21.8 Å². The topological polar surface area (TPSA) is 101 Å². The Kier molecular flexibility index (Phi) is 3.45. The average molecular weight is 299 g/mol. The van der Waals surface area contributed by atoms with Gasteiger partial charge in [0.2, 0.25) is 0 Å². The molecule has 0 fully saturated rings. The van der Waals surface area contributed by atoms with Gasteiger partial charge in [0, 0.05) is 19.3 Å². The summed E-state index contributed by atoms with van der Waals surface area (Å²) in [6, 6.07) is 3.95. The van der Waals surface area contributed by atoms with Crippen LogP contribution in [0.5, 0.6) is 0 Å². The van der Waals surface area contributed by atoms with Crippen molar-refractivity contribution < 1.29 is 22.7 Å². The summed E-state index contributed by atoms with van der Waals surface area (Å²) >= 11 is 0. The Morgan fingerprint density at radius 1 is 1.40 bits per heavy atom. The van der Waals surface area contributed by atoms with Crippen LogP contribution in [-0.4, -0.2) is 29.3 Å². The molecule has 0 bridgehead atoms. The molecule has 0 atom stereocenters. The molecule has 0 saturated heterocycles. The molecule has 106 valence electrons. The molecule has 7 nitrogen and oxygen atoms in total. The molecule has 0 aliphatic carbocycles. The van der Waals surface area contributed by atoms with E-state index in [2.05, 4.69) is 9.82 Å². The molecule has 0 saturated carbocycles. The van der Waals surface area contributed by atoms with Crippen LogP contribution >= 0.6 is 0 Å². The monoisotopic (exact) mass is 299 g/mol. The maximum Gasteiger partial charge on any atom is 0.338 e. The Hall–Kier alpha value is -2.42. The fraction of sp³-hybridized carbons (Fsp3) is 0.0909. The Balaban J connectivity index is 2.39. The quantitative estimate of drug-likeness (QED) is 0.879. The summed E-state index contributed by atoms with van der Waals surface area (Å²) in [6.07, 6.45) is 1.53. The van der Waals surface area contributed by atoms with Gasteiger partial charge in [-0.3, -0.25) is 9.40 Å². The van der Waals surface area contributed by atoms with Crippen molar-refractivity contribution in [2.45, 2.75) is 4.90 Å². The van der Waals surface area contributed by atoms with Crippen LogP contribution < -0.4 is 4.72 Å². The predicted molar refractivity (Wildman–Crippen MR) is 67.4 cm³/mol. The highest BCUT2D eigenvalue weighted by molar-refractivity contribution is 7.92. The Labute approximate surface area is 113 Å². The van der Waals surface area contributed by atoms with Gasteiger partial charge in [-0.15, -0.1) is 0 Å². The molecule has 2 N–H and O–H groups in total. The van der Waals surface area contributed by atoms with Crippen LogP contribution in [0.15, 0.2) is 35.4 Å². The molecule has 0 aliphatic heterocycles. The standard InChI is InChI=1S/C11H10FN3O4S/c1-15-5-4-10(13-15)14-20(18,19)7-2-3-9(12)8(6-7)11(16)17/h2-6H,1H3,(H,13,14)(H,16,17). The van der Waals surface area contributed by atoms with Crippen molar-refractivity contribution in [1.82, 2.24) is 9.78 Å². The molecule has 20 heavy (non-hydrogen) atoms. The number of nitrogens with zero attached hydrogens (tertiary/aromatic N) is 2. The van der Waals surface area contributed by atoms with Crippen molar-refractivity contribution in [2.75, 3.05) is 4.72 Å². The Bertz CT molecular complexity index is 770. The summed E-state index contributed by atoms with van der Waals surface area (Å²) < 4.78 is 40.8. The third kappa shape index (κ3) is 2.77. The van der Waals surface area contributed by atoms with Crippen LogP contribution in [0.3, 0.4) is 0 Å². The smallest absolute Gasteiger partial charge is 0.338 e. The summed E-state index contributed by atoms with van der Waals surface area (Å²) in [5.74, 6) is -2.47. The number of carbonyl (C=O) groups is 1. The van der Waals surface area contributed by atoms with Crippen molar-refractivity contribution in [3.8, 4) is 0 Å². The second-order valence-corrected chi connectivity index (χ2v) is 5.61. The lowest BCUT2D eigenvalue weighted by molar-refractivity contribution is 0.0691. The van der Waals surface area contributed by atoms with E-state index in [4.69, 9.17) is 5.11 Å². The van der Waals surface area contributed by atoms with Crippen molar-refractivity contribution in [3.05, 3.63) is 41.8 Å². The zero-order chi connectivity index (χ0) is 14.9. The number of carboxylic acid groups (broad SMARTS) is 1. The number of nitrogens with one attached hydrogen (secondary N) is 1. The van der Waals surface area contributed by atoms with Gasteiger partial charge in [-0.1, -0.05) is 0 Å². The van der Waals surface area contributed by atoms with E-state index in [1.807, 2.05) is 0 Å². The third-order valence-electron chi connectivity index (χ3n) is 2.43. The predicted octanol–water partition coefficient (Wildman–Crippen LogP) is 1.06. The van der Waals surface area contributed by atoms with Gasteiger partial charge in [-0.2, -0.15) is 5.10 Å². The number of sulfonamides is 1. The van der Waals surface area contributed by atoms with Gasteiger partial charge < -0.3 is 5.11 Å². The molecule has 2 aromatic rings. The lowest BCUT2D eigenvalue weighted by Crippen LogP contribution is -2.15. The average Bonchev–Trinajstić information content (AvgIpc) is 2.73. The minimum Gasteiger partial charge on any atom is -0.478 e. The second kappa shape index (κ2) is 4.93. The molecule has 1 aromatic heterocycles. The van der Waals surface area contributed by atoms with E-state index in [0.717, 1.165) is 18.2 Å². The van der Waals surface area contributed by atoms with Crippen LogP contribution in [0.2, 0.25) is 0 Å². The van der Waals surface area contributed by atoms with Crippen LogP contribution in [0.1, 0.15) is 10.4 Å². The Morgan fingerprint density at radius 3 is 2.65 bits per heavy atom. The first-order valence-corrected chi connectivity index (χ1v) is 6.83. The molecule has 0 aliphatic rings. The molecular formula is C11H10FN3O4S. The molecule has 0 unspecified atom stereocenters. The molecule has 1 aromatic carbocycles. The largest absolute Gasteiger partial charge is 0.478 e. The fourth-order valence-electron chi connectivity index (χ4n) is 1.50. The van der Waals surface area contributed by atoms with E-state index in [0.29, 0.717) is 0 Å². The van der Waals surface area contributed by atoms with E-state index >= 15 is 0 Å². The number of hydrogen-bond acceptors (Lipinski definition) is 4. The van der Waals surface area contributed by atoms with Gasteiger partial charge in [-0.25, -0.2) is 17.6 Å². The highest BCUT2D eigenvalue weighted by Gasteiger charge is 2.19. The molecule has 0 spiro atoms. The van der Waals surface area contributed by atoms with E-state index < -0.39 is 27.4 Å². The second-order valence-electron chi connectivity index (χ2n) is 3.93. The summed E-state index contributed by atoms with van der Waals surface area (Å²) in [6.45, 7) is 0. The van der Waals surface area contributed by atoms with E-state index in [1.165, 1.54) is 16.9 Å². The molecule has 2 rings (SSSR count). The number of carboxylic acids is 1. The minimum atomic E-state index is -4.03. The van der Waals surface area contributed by atoms with Gasteiger partial charge in [0.05, 0.1) is 10.5 Å². The molecular weight excluding hydrogens is 289 g/mol. The van der Waals surface area contributed by atoms with Crippen LogP contribution in [0.4, 0.5) is 10.2 Å². The number of anilines is 1. The van der Waals surface area contributed by atoms with Gasteiger partial charge in [0.1, 0.15) is 5.82 Å². The lowest BCUT2D eigenvalue weighted by atomic mass is 10.2. The number of benzene rings is 1. The first-order valence-electron chi connectivity index (χ1n) is 5.35. The summed E-state index contributed by atoms with van der Waals surface area (Å²) in [7, 11) is -2.42. The zero-order valence-electron chi connectivity index (χ0n) is 10.2. The number of halogens is 1. The molecule has 0 amide bonds. The van der Waals surface area contributed by atoms with Crippen molar-refractivity contribution in [1.29, 1.82) is 0 Å². The number of aromatic nitrogens is 2. The van der Waals surface area contributed by atoms with E-state index in [9.17, 15) is 17.6 Å². The number of aryl methyl sites for hydroxylation is 1. The zero-order valence-corrected chi connectivity index (χ0v) is 11.1. The molecule has 9 heteroatoms. The molecule has 0 radical (unpaired) electrons. The fourth-order valence-corrected chi connectivity index (χ4v) is 2.52. The van der Waals surface area contributed by atoms with Gasteiger partial charge >= 0.3 is 5.97 Å². The van der Waals surface area contributed by atoms with Gasteiger partial charge in [0.15, 0.2) is 5.82 Å². The lowest BCUT2D eigenvalue weighted by Gasteiger charge is -2.06. The summed E-state index contributed by atoms with van der Waals surface area (Å²) in [4.78, 5) is 10.4. The highest BCUT2D eigenvalue weighted by atomic mass is 32.2. The maximum atomic E-state index is 13.2. The van der Waals surface area contributed by atoms with Crippen LogP contribution in [-0.2, 0) is 17.1 Å². The van der Waals surface area contributed by atoms with Gasteiger partial charge in [0.25, 0.3) is 10.0 Å². The summed E-state index contributed by atoms with van der Waals surface area (Å²) in [5.41, 5.74) is -0.714. The van der Waals surface area contributed by atoms with Crippen LogP contribution in [0, 0.1) is 5.82 Å². The SMILES string of the molecule is Cn1ccc(NS(=O)(=O)c2ccc(F)c(C(=O)O)c2)n1. The Morgan fingerprint density at radius 2 is 2.10 bits per heavy atom. The first-order chi connectivity index (χ1) is 9.29. The highest BCUT2D eigenvalue weighted by Crippen LogP contribution is 2.18.